The number of anilines is 1. The monoisotopic (exact) mass is 345 g/mol. The van der Waals surface area contributed by atoms with Gasteiger partial charge in [0.1, 0.15) is 11.4 Å². The number of hydrogen-bond acceptors (Lipinski definition) is 4. The number of nitrogens with zero attached hydrogens (tertiary/aromatic N) is 2. The van der Waals surface area contributed by atoms with Gasteiger partial charge in [0, 0.05) is 24.7 Å². The molecule has 0 saturated carbocycles. The molecule has 0 aliphatic carbocycles. The van der Waals surface area contributed by atoms with Gasteiger partial charge in [0.2, 0.25) is 11.8 Å². The molecule has 5 heteroatoms. The van der Waals surface area contributed by atoms with Crippen LogP contribution in [0.15, 0.2) is 67.1 Å². The minimum absolute atomic E-state index is 0.263. The number of benzene rings is 1. The van der Waals surface area contributed by atoms with E-state index in [-0.39, 0.29) is 5.91 Å². The van der Waals surface area contributed by atoms with Gasteiger partial charge in [-0.2, -0.15) is 0 Å². The first-order valence-corrected chi connectivity index (χ1v) is 8.21. The molecule has 0 aliphatic rings. The zero-order chi connectivity index (χ0) is 18.4. The van der Waals surface area contributed by atoms with Crippen LogP contribution in [-0.2, 0) is 4.79 Å². The molecular formula is C21H19N3O2. The lowest BCUT2D eigenvalue weighted by Gasteiger charge is -2.12. The van der Waals surface area contributed by atoms with Crippen molar-refractivity contribution in [1.82, 2.24) is 9.97 Å². The maximum atomic E-state index is 12.2. The van der Waals surface area contributed by atoms with E-state index < -0.39 is 0 Å². The van der Waals surface area contributed by atoms with Crippen LogP contribution in [0.3, 0.4) is 0 Å². The van der Waals surface area contributed by atoms with Crippen molar-refractivity contribution in [2.24, 2.45) is 0 Å². The molecule has 0 fully saturated rings. The number of hydrogen-bond donors (Lipinski definition) is 1. The zero-order valence-corrected chi connectivity index (χ0v) is 14.6. The number of aryl methyl sites for hydroxylation is 1. The maximum absolute atomic E-state index is 12.2. The van der Waals surface area contributed by atoms with Crippen molar-refractivity contribution < 1.29 is 9.53 Å². The number of ether oxygens (including phenoxy) is 1. The molecule has 1 N–H and O–H groups in total. The van der Waals surface area contributed by atoms with Crippen LogP contribution in [0.4, 0.5) is 5.69 Å². The number of amides is 1. The molecule has 0 aliphatic heterocycles. The fraction of sp³-hybridized carbons (Fsp3) is 0.0952. The molecule has 0 saturated heterocycles. The van der Waals surface area contributed by atoms with Crippen LogP contribution in [0.25, 0.3) is 6.08 Å². The Morgan fingerprint density at radius 3 is 2.65 bits per heavy atom. The first-order chi connectivity index (χ1) is 12.6. The average Bonchev–Trinajstić information content (AvgIpc) is 2.66. The van der Waals surface area contributed by atoms with E-state index in [1.807, 2.05) is 44.2 Å². The Bertz CT molecular complexity index is 937. The number of aromatic nitrogens is 2. The van der Waals surface area contributed by atoms with Crippen molar-refractivity contribution in [3.05, 3.63) is 83.8 Å². The molecule has 1 amide bonds. The van der Waals surface area contributed by atoms with E-state index in [0.717, 1.165) is 16.7 Å². The molecular weight excluding hydrogens is 326 g/mol. The third-order valence-electron chi connectivity index (χ3n) is 3.92. The van der Waals surface area contributed by atoms with E-state index in [9.17, 15) is 4.79 Å². The quantitative estimate of drug-likeness (QED) is 0.690. The highest BCUT2D eigenvalue weighted by Gasteiger charge is 2.10. The number of rotatable bonds is 5. The van der Waals surface area contributed by atoms with Crippen LogP contribution in [0, 0.1) is 13.8 Å². The van der Waals surface area contributed by atoms with Gasteiger partial charge < -0.3 is 10.1 Å². The third kappa shape index (κ3) is 4.33. The maximum Gasteiger partial charge on any atom is 0.248 e. The zero-order valence-electron chi connectivity index (χ0n) is 14.6. The lowest BCUT2D eigenvalue weighted by Crippen LogP contribution is -2.09. The molecule has 3 aromatic rings. The van der Waals surface area contributed by atoms with E-state index >= 15 is 0 Å². The minimum Gasteiger partial charge on any atom is -0.437 e. The van der Waals surface area contributed by atoms with Gasteiger partial charge in [-0.15, -0.1) is 0 Å². The minimum atomic E-state index is -0.263. The van der Waals surface area contributed by atoms with Gasteiger partial charge in [-0.25, -0.2) is 4.98 Å². The second kappa shape index (κ2) is 8.07. The number of nitrogens with one attached hydrogen (secondary N) is 1. The summed E-state index contributed by atoms with van der Waals surface area (Å²) in [6.45, 7) is 4.01. The fourth-order valence-electron chi connectivity index (χ4n) is 2.33. The highest BCUT2D eigenvalue weighted by atomic mass is 16.5. The average molecular weight is 345 g/mol. The molecule has 0 unspecified atom stereocenters. The summed E-state index contributed by atoms with van der Waals surface area (Å²) in [6.07, 6.45) is 8.16. The highest BCUT2D eigenvalue weighted by molar-refractivity contribution is 6.02. The second-order valence-corrected chi connectivity index (χ2v) is 5.76. The van der Waals surface area contributed by atoms with Crippen LogP contribution in [-0.4, -0.2) is 15.9 Å². The molecule has 5 nitrogen and oxygen atoms in total. The van der Waals surface area contributed by atoms with Crippen LogP contribution in [0.2, 0.25) is 0 Å². The third-order valence-corrected chi connectivity index (χ3v) is 3.92. The predicted molar refractivity (Wildman–Crippen MR) is 102 cm³/mol. The lowest BCUT2D eigenvalue weighted by molar-refractivity contribution is -0.111. The van der Waals surface area contributed by atoms with E-state index in [1.165, 1.54) is 6.08 Å². The fourth-order valence-corrected chi connectivity index (χ4v) is 2.33. The predicted octanol–water partition coefficient (Wildman–Crippen LogP) is 4.54. The first-order valence-electron chi connectivity index (χ1n) is 8.21. The molecule has 0 radical (unpaired) electrons. The Morgan fingerprint density at radius 1 is 1.04 bits per heavy atom. The van der Waals surface area contributed by atoms with Gasteiger partial charge in [-0.05, 0) is 66.9 Å². The van der Waals surface area contributed by atoms with E-state index in [4.69, 9.17) is 4.74 Å². The van der Waals surface area contributed by atoms with Crippen molar-refractivity contribution in [2.75, 3.05) is 5.32 Å². The van der Waals surface area contributed by atoms with Crippen molar-refractivity contribution in [3.63, 3.8) is 0 Å². The summed E-state index contributed by atoms with van der Waals surface area (Å²) >= 11 is 0. The molecule has 0 spiro atoms. The van der Waals surface area contributed by atoms with Crippen LogP contribution in [0.1, 0.15) is 16.7 Å². The summed E-state index contributed by atoms with van der Waals surface area (Å²) in [4.78, 5) is 20.4. The van der Waals surface area contributed by atoms with Gasteiger partial charge in [0.05, 0.1) is 0 Å². The summed E-state index contributed by atoms with van der Waals surface area (Å²) in [7, 11) is 0. The Balaban J connectivity index is 1.76. The van der Waals surface area contributed by atoms with E-state index in [1.54, 1.807) is 36.8 Å². The summed E-state index contributed by atoms with van der Waals surface area (Å²) in [6, 6.07) is 13.0. The Kier molecular flexibility index (Phi) is 5.39. The molecule has 3 rings (SSSR count). The molecule has 2 heterocycles. The van der Waals surface area contributed by atoms with Gasteiger partial charge in [-0.3, -0.25) is 9.78 Å². The van der Waals surface area contributed by atoms with Gasteiger partial charge in [0.15, 0.2) is 0 Å². The number of carbonyl (C=O) groups is 1. The van der Waals surface area contributed by atoms with Crippen LogP contribution < -0.4 is 10.1 Å². The summed E-state index contributed by atoms with van der Waals surface area (Å²) in [5.41, 5.74) is 3.57. The summed E-state index contributed by atoms with van der Waals surface area (Å²) in [5.74, 6) is 0.805. The lowest BCUT2D eigenvalue weighted by atomic mass is 10.1. The van der Waals surface area contributed by atoms with E-state index in [0.29, 0.717) is 17.3 Å². The topological polar surface area (TPSA) is 64.1 Å². The Hall–Kier alpha value is -3.47. The summed E-state index contributed by atoms with van der Waals surface area (Å²) in [5, 5.41) is 2.81. The molecule has 1 aromatic carbocycles. The van der Waals surface area contributed by atoms with Crippen molar-refractivity contribution in [2.45, 2.75) is 13.8 Å². The molecule has 2 aromatic heterocycles. The first kappa shape index (κ1) is 17.4. The number of pyridine rings is 2. The molecule has 0 atom stereocenters. The van der Waals surface area contributed by atoms with Crippen molar-refractivity contribution >= 4 is 17.7 Å². The van der Waals surface area contributed by atoms with Crippen LogP contribution in [0.5, 0.6) is 11.6 Å². The van der Waals surface area contributed by atoms with Gasteiger partial charge >= 0.3 is 0 Å². The number of carbonyl (C=O) groups excluding carboxylic acids is 1. The summed E-state index contributed by atoms with van der Waals surface area (Å²) < 4.78 is 5.93. The Morgan fingerprint density at radius 2 is 1.85 bits per heavy atom. The largest absolute Gasteiger partial charge is 0.437 e. The van der Waals surface area contributed by atoms with Crippen molar-refractivity contribution in [3.8, 4) is 11.6 Å². The van der Waals surface area contributed by atoms with Gasteiger partial charge in [-0.1, -0.05) is 12.1 Å². The van der Waals surface area contributed by atoms with Crippen LogP contribution >= 0.6 is 0 Å². The normalized spacial score (nSPS) is 10.7. The molecule has 0 bridgehead atoms. The Labute approximate surface area is 152 Å². The molecule has 130 valence electrons. The standard InChI is InChI=1S/C21H19N3O2/c1-15-5-3-7-19(16(15)2)26-21-18(6-4-12-23-21)24-20(25)9-8-17-10-13-22-14-11-17/h3-14H,1-2H3,(H,24,25)/b9-8+. The van der Waals surface area contributed by atoms with Crippen molar-refractivity contribution in [1.29, 1.82) is 0 Å². The smallest absolute Gasteiger partial charge is 0.248 e. The molecule has 26 heavy (non-hydrogen) atoms. The van der Waals surface area contributed by atoms with E-state index in [2.05, 4.69) is 15.3 Å². The second-order valence-electron chi connectivity index (χ2n) is 5.76. The highest BCUT2D eigenvalue weighted by Crippen LogP contribution is 2.30. The van der Waals surface area contributed by atoms with Gasteiger partial charge in [0.25, 0.3) is 0 Å². The SMILES string of the molecule is Cc1cccc(Oc2ncccc2NC(=O)/C=C/c2ccncc2)c1C.